The molecule has 0 unspecified atom stereocenters. The number of benzene rings is 13. The number of carbonyl (C=O) groups is 3. The summed E-state index contributed by atoms with van der Waals surface area (Å²) < 4.78 is 0. The molecule has 12 heteroatoms. The molecule has 0 aliphatic rings. The molecular formula is C69H45N9O3. The predicted molar refractivity (Wildman–Crippen MR) is 327 cm³/mol. The van der Waals surface area contributed by atoms with Crippen molar-refractivity contribution in [2.45, 2.75) is 0 Å². The molecule has 13 aromatic rings. The molecule has 0 saturated carbocycles. The molecule has 384 valence electrons. The Morgan fingerprint density at radius 2 is 0.444 bits per heavy atom. The number of nitrogens with one attached hydrogen (secondary N) is 3. The summed E-state index contributed by atoms with van der Waals surface area (Å²) in [4.78, 5) is 44.1. The van der Waals surface area contributed by atoms with Crippen molar-refractivity contribution in [1.29, 1.82) is 0 Å². The first kappa shape index (κ1) is 49.2. The molecule has 0 bridgehead atoms. The van der Waals surface area contributed by atoms with E-state index in [2.05, 4.69) is 46.6 Å². The van der Waals surface area contributed by atoms with E-state index in [1.54, 1.807) is 36.4 Å². The summed E-state index contributed by atoms with van der Waals surface area (Å²) in [7, 11) is 0. The third-order valence-electron chi connectivity index (χ3n) is 14.3. The SMILES string of the molecule is O=C(Nc1ccc(/N=N/c2cccc3ccccc23)c2ccccc12)c1cc(C(=O)Nc2ccc(/N=N/c3cccc4ccccc34)c3ccccc23)cc(C(=O)Nc2ccc(/N=N/c3cccc4ccccc34)c3ccccc23)c1. The van der Waals surface area contributed by atoms with Crippen molar-refractivity contribution in [2.75, 3.05) is 16.0 Å². The lowest BCUT2D eigenvalue weighted by Gasteiger charge is -2.15. The van der Waals surface area contributed by atoms with Crippen LogP contribution >= 0.6 is 0 Å². The van der Waals surface area contributed by atoms with Crippen LogP contribution in [0.1, 0.15) is 31.1 Å². The highest BCUT2D eigenvalue weighted by Crippen LogP contribution is 2.39. The van der Waals surface area contributed by atoms with Crippen LogP contribution in [0, 0.1) is 0 Å². The van der Waals surface area contributed by atoms with Crippen LogP contribution in [0.3, 0.4) is 0 Å². The van der Waals surface area contributed by atoms with E-state index in [4.69, 9.17) is 0 Å². The fourth-order valence-electron chi connectivity index (χ4n) is 10.3. The fourth-order valence-corrected chi connectivity index (χ4v) is 10.3. The second kappa shape index (κ2) is 21.6. The van der Waals surface area contributed by atoms with Crippen LogP contribution < -0.4 is 16.0 Å². The van der Waals surface area contributed by atoms with Crippen molar-refractivity contribution in [3.63, 3.8) is 0 Å². The Bertz CT molecular complexity index is 4280. The minimum atomic E-state index is -0.549. The van der Waals surface area contributed by atoms with E-state index < -0.39 is 17.7 Å². The van der Waals surface area contributed by atoms with Crippen LogP contribution in [0.15, 0.2) is 285 Å². The lowest BCUT2D eigenvalue weighted by molar-refractivity contribution is 0.102. The van der Waals surface area contributed by atoms with Gasteiger partial charge in [0.05, 0.1) is 34.1 Å². The molecule has 0 fully saturated rings. The average Bonchev–Trinajstić information content (AvgIpc) is 3.57. The van der Waals surface area contributed by atoms with E-state index in [0.29, 0.717) is 50.3 Å². The smallest absolute Gasteiger partial charge is 0.255 e. The minimum Gasteiger partial charge on any atom is -0.321 e. The highest BCUT2D eigenvalue weighted by Gasteiger charge is 2.21. The van der Waals surface area contributed by atoms with Crippen LogP contribution in [0.5, 0.6) is 0 Å². The summed E-state index contributed by atoms with van der Waals surface area (Å²) in [5.74, 6) is -1.65. The minimum absolute atomic E-state index is 0.0692. The van der Waals surface area contributed by atoms with E-state index in [9.17, 15) is 14.4 Å². The molecule has 0 heterocycles. The van der Waals surface area contributed by atoms with Gasteiger partial charge in [-0.05, 0) is 89.0 Å². The Kier molecular flexibility index (Phi) is 13.1. The van der Waals surface area contributed by atoms with Gasteiger partial charge in [-0.25, -0.2) is 0 Å². The van der Waals surface area contributed by atoms with Gasteiger partial charge in [0.15, 0.2) is 0 Å². The van der Waals surface area contributed by atoms with Gasteiger partial charge in [0.2, 0.25) is 0 Å². The van der Waals surface area contributed by atoms with Crippen molar-refractivity contribution >= 4 is 134 Å². The quantitative estimate of drug-likeness (QED) is 0.104. The molecule has 3 N–H and O–H groups in total. The Labute approximate surface area is 463 Å². The molecule has 0 aliphatic heterocycles. The molecular weight excluding hydrogens is 1000 g/mol. The first-order valence-corrected chi connectivity index (χ1v) is 26.2. The van der Waals surface area contributed by atoms with Crippen molar-refractivity contribution in [3.8, 4) is 0 Å². The third-order valence-corrected chi connectivity index (χ3v) is 14.3. The Morgan fingerprint density at radius 1 is 0.222 bits per heavy atom. The van der Waals surface area contributed by atoms with Crippen molar-refractivity contribution in [2.24, 2.45) is 30.7 Å². The van der Waals surface area contributed by atoms with Gasteiger partial charge < -0.3 is 16.0 Å². The zero-order valence-corrected chi connectivity index (χ0v) is 43.2. The Hall–Kier alpha value is -11.4. The predicted octanol–water partition coefficient (Wildman–Crippen LogP) is 19.6. The number of carbonyl (C=O) groups excluding carboxylic acids is 3. The second-order valence-corrected chi connectivity index (χ2v) is 19.3. The van der Waals surface area contributed by atoms with Crippen molar-refractivity contribution < 1.29 is 14.4 Å². The zero-order valence-electron chi connectivity index (χ0n) is 43.2. The molecule has 13 aromatic carbocycles. The van der Waals surface area contributed by atoms with Gasteiger partial charge >= 0.3 is 0 Å². The molecule has 81 heavy (non-hydrogen) atoms. The van der Waals surface area contributed by atoms with E-state index >= 15 is 0 Å². The number of fused-ring (bicyclic) bond motifs is 6. The monoisotopic (exact) mass is 1050 g/mol. The number of hydrogen-bond donors (Lipinski definition) is 3. The maximum Gasteiger partial charge on any atom is 0.255 e. The van der Waals surface area contributed by atoms with Gasteiger partial charge in [-0.2, -0.15) is 0 Å². The normalized spacial score (nSPS) is 11.7. The Morgan fingerprint density at radius 3 is 0.728 bits per heavy atom. The first-order chi connectivity index (χ1) is 39.9. The molecule has 0 radical (unpaired) electrons. The highest BCUT2D eigenvalue weighted by atomic mass is 16.2. The summed E-state index contributed by atoms with van der Waals surface area (Å²) in [6, 6.07) is 79.7. The molecule has 13 rings (SSSR count). The lowest BCUT2D eigenvalue weighted by Crippen LogP contribution is -2.19. The summed E-state index contributed by atoms with van der Waals surface area (Å²) >= 11 is 0. The van der Waals surface area contributed by atoms with E-state index in [0.717, 1.165) is 65.5 Å². The average molecular weight is 1050 g/mol. The van der Waals surface area contributed by atoms with Crippen molar-refractivity contribution in [3.05, 3.63) is 271 Å². The van der Waals surface area contributed by atoms with E-state index in [-0.39, 0.29) is 16.7 Å². The van der Waals surface area contributed by atoms with Crippen molar-refractivity contribution in [1.82, 2.24) is 0 Å². The number of hydrogen-bond acceptors (Lipinski definition) is 9. The summed E-state index contributed by atoms with van der Waals surface area (Å²) in [6.45, 7) is 0. The van der Waals surface area contributed by atoms with E-state index in [1.807, 2.05) is 200 Å². The standard InChI is InChI=1S/C69H45N9O3/c79-67(70-58-34-37-64(55-28-10-7-25-52(55)58)76-73-61-31-13-19-43-16-1-4-22-49(43)61)46-40-47(68(80)71-59-35-38-65(56-29-11-8-26-53(56)59)77-74-62-32-14-20-44-17-2-5-23-50(44)62)42-48(41-46)69(81)72-60-36-39-66(57-30-12-9-27-54(57)60)78-75-63-33-15-21-45-18-3-6-24-51(45)63/h1-42H,(H,70,79)(H,71,80)(H,72,81)/b76-73+,77-74+,78-75+. The fraction of sp³-hybridized carbons (Fsp3) is 0. The molecule has 12 nitrogen and oxygen atoms in total. The van der Waals surface area contributed by atoms with Gasteiger partial charge in [0.1, 0.15) is 0 Å². The molecule has 0 saturated heterocycles. The van der Waals surface area contributed by atoms with Gasteiger partial charge in [0.25, 0.3) is 17.7 Å². The highest BCUT2D eigenvalue weighted by molar-refractivity contribution is 6.17. The van der Waals surface area contributed by atoms with Gasteiger partial charge in [-0.1, -0.05) is 182 Å². The zero-order chi connectivity index (χ0) is 54.7. The molecule has 0 atom stereocenters. The molecule has 0 aromatic heterocycles. The summed E-state index contributed by atoms with van der Waals surface area (Å²) in [6.07, 6.45) is 0. The number of nitrogens with zero attached hydrogens (tertiary/aromatic N) is 6. The first-order valence-electron chi connectivity index (χ1n) is 26.2. The van der Waals surface area contributed by atoms with E-state index in [1.165, 1.54) is 18.2 Å². The molecule has 0 aliphatic carbocycles. The van der Waals surface area contributed by atoms with Crippen LogP contribution in [0.4, 0.5) is 51.2 Å². The number of amides is 3. The van der Waals surface area contributed by atoms with Crippen LogP contribution in [0.25, 0.3) is 64.6 Å². The number of azo groups is 3. The topological polar surface area (TPSA) is 161 Å². The van der Waals surface area contributed by atoms with Crippen LogP contribution in [-0.2, 0) is 0 Å². The molecule has 3 amide bonds. The maximum atomic E-state index is 14.7. The third kappa shape index (κ3) is 9.99. The summed E-state index contributed by atoms with van der Waals surface area (Å²) in [5, 5.41) is 47.7. The lowest BCUT2D eigenvalue weighted by atomic mass is 10.0. The van der Waals surface area contributed by atoms with Gasteiger partial charge in [-0.15, -0.1) is 30.7 Å². The van der Waals surface area contributed by atoms with Gasteiger partial charge in [-0.3, -0.25) is 14.4 Å². The Balaban J connectivity index is 0.833. The van der Waals surface area contributed by atoms with Gasteiger partial charge in [0, 0.05) is 82.2 Å². The number of anilines is 3. The van der Waals surface area contributed by atoms with Crippen LogP contribution in [0.2, 0.25) is 0 Å². The maximum absolute atomic E-state index is 14.7. The van der Waals surface area contributed by atoms with Crippen LogP contribution in [-0.4, -0.2) is 17.7 Å². The second-order valence-electron chi connectivity index (χ2n) is 19.3. The largest absolute Gasteiger partial charge is 0.321 e. The number of rotatable bonds is 12. The molecule has 0 spiro atoms. The summed E-state index contributed by atoms with van der Waals surface area (Å²) in [5.41, 5.74) is 5.70.